The van der Waals surface area contributed by atoms with Gasteiger partial charge in [0.05, 0.1) is 0 Å². The van der Waals surface area contributed by atoms with E-state index in [1.807, 2.05) is 0 Å². The van der Waals surface area contributed by atoms with Crippen LogP contribution in [0.25, 0.3) is 0 Å². The van der Waals surface area contributed by atoms with Crippen molar-refractivity contribution in [1.82, 2.24) is 0 Å². The highest BCUT2D eigenvalue weighted by molar-refractivity contribution is 7.99. The van der Waals surface area contributed by atoms with E-state index < -0.39 is 17.8 Å². The van der Waals surface area contributed by atoms with Crippen molar-refractivity contribution in [3.63, 3.8) is 0 Å². The van der Waals surface area contributed by atoms with Crippen LogP contribution >= 0.6 is 11.8 Å². The molecule has 1 unspecified atom stereocenters. The van der Waals surface area contributed by atoms with Gasteiger partial charge < -0.3 is 5.11 Å². The fraction of sp³-hybridized carbons (Fsp3) is 0.875. The molecule has 5 heteroatoms. The Hall–Kier alpha value is -0.320. The fourth-order valence-electron chi connectivity index (χ4n) is 1.35. The molecule has 1 aliphatic heterocycles. The Morgan fingerprint density at radius 2 is 2.31 bits per heavy atom. The van der Waals surface area contributed by atoms with Crippen LogP contribution in [0.4, 0.5) is 8.78 Å². The van der Waals surface area contributed by atoms with Gasteiger partial charge in [0, 0.05) is 24.5 Å². The lowest BCUT2D eigenvalue weighted by Gasteiger charge is -2.30. The lowest BCUT2D eigenvalue weighted by molar-refractivity contribution is -0.138. The van der Waals surface area contributed by atoms with Gasteiger partial charge in [-0.25, -0.2) is 8.78 Å². The second kappa shape index (κ2) is 4.26. The lowest BCUT2D eigenvalue weighted by atomic mass is 9.95. The Morgan fingerprint density at radius 3 is 2.85 bits per heavy atom. The summed E-state index contributed by atoms with van der Waals surface area (Å²) in [4.78, 5) is 10.2. The van der Waals surface area contributed by atoms with Crippen LogP contribution in [0.3, 0.4) is 0 Å². The molecule has 0 saturated carbocycles. The zero-order valence-electron chi connectivity index (χ0n) is 7.13. The summed E-state index contributed by atoms with van der Waals surface area (Å²) in [5.74, 6) is -3.52. The summed E-state index contributed by atoms with van der Waals surface area (Å²) in [6.45, 7) is 0. The Bertz CT molecular complexity index is 197. The van der Waals surface area contributed by atoms with E-state index in [9.17, 15) is 13.6 Å². The van der Waals surface area contributed by atoms with Crippen LogP contribution in [0.1, 0.15) is 19.3 Å². The Labute approximate surface area is 79.7 Å². The average molecular weight is 210 g/mol. The molecule has 0 aromatic heterocycles. The monoisotopic (exact) mass is 210 g/mol. The van der Waals surface area contributed by atoms with E-state index in [1.54, 1.807) is 0 Å². The number of alkyl halides is 2. The summed E-state index contributed by atoms with van der Waals surface area (Å²) in [5.41, 5.74) is 0. The molecule has 2 nitrogen and oxygen atoms in total. The molecule has 0 amide bonds. The normalized spacial score (nSPS) is 27.1. The molecule has 0 radical (unpaired) electrons. The molecule has 13 heavy (non-hydrogen) atoms. The maximum Gasteiger partial charge on any atom is 0.303 e. The summed E-state index contributed by atoms with van der Waals surface area (Å²) in [6.07, 6.45) is -0.169. The van der Waals surface area contributed by atoms with Crippen LogP contribution in [-0.2, 0) is 4.79 Å². The number of thioether (sulfide) groups is 1. The minimum absolute atomic E-state index is 0.0926. The van der Waals surface area contributed by atoms with Crippen LogP contribution in [0.2, 0.25) is 0 Å². The summed E-state index contributed by atoms with van der Waals surface area (Å²) in [5, 5.41) is 8.36. The lowest BCUT2D eigenvalue weighted by Crippen LogP contribution is -2.34. The first-order valence-corrected chi connectivity index (χ1v) is 5.35. The smallest absolute Gasteiger partial charge is 0.303 e. The molecule has 0 aliphatic carbocycles. The molecular weight excluding hydrogens is 198 g/mol. The third kappa shape index (κ3) is 3.14. The van der Waals surface area contributed by atoms with Crippen LogP contribution in [0, 0.1) is 5.92 Å². The zero-order chi connectivity index (χ0) is 9.90. The molecule has 1 rings (SSSR count). The molecule has 0 aromatic rings. The first-order chi connectivity index (χ1) is 6.02. The predicted octanol–water partition coefficient (Wildman–Crippen LogP) is 2.24. The Kier molecular flexibility index (Phi) is 3.53. The molecule has 1 atom stereocenters. The van der Waals surface area contributed by atoms with Gasteiger partial charge in [-0.1, -0.05) is 0 Å². The average Bonchev–Trinajstić information content (AvgIpc) is 2.01. The number of aliphatic carboxylic acids is 1. The zero-order valence-corrected chi connectivity index (χ0v) is 7.95. The van der Waals surface area contributed by atoms with Gasteiger partial charge >= 0.3 is 5.97 Å². The van der Waals surface area contributed by atoms with E-state index in [1.165, 1.54) is 11.8 Å². The van der Waals surface area contributed by atoms with E-state index in [2.05, 4.69) is 0 Å². The predicted molar refractivity (Wildman–Crippen MR) is 47.2 cm³/mol. The van der Waals surface area contributed by atoms with Crippen LogP contribution in [0.15, 0.2) is 0 Å². The number of carboxylic acids is 1. The molecule has 76 valence electrons. The van der Waals surface area contributed by atoms with Crippen LogP contribution < -0.4 is 0 Å². The van der Waals surface area contributed by atoms with E-state index in [0.717, 1.165) is 0 Å². The van der Waals surface area contributed by atoms with Crippen molar-refractivity contribution in [2.75, 3.05) is 11.5 Å². The maximum atomic E-state index is 13.1. The largest absolute Gasteiger partial charge is 0.481 e. The number of carbonyl (C=O) groups is 1. The van der Waals surface area contributed by atoms with E-state index in [4.69, 9.17) is 5.11 Å². The molecule has 1 heterocycles. The molecule has 1 saturated heterocycles. The van der Waals surface area contributed by atoms with Crippen LogP contribution in [0.5, 0.6) is 0 Å². The van der Waals surface area contributed by atoms with Crippen molar-refractivity contribution in [2.45, 2.75) is 25.2 Å². The van der Waals surface area contributed by atoms with Gasteiger partial charge in [0.2, 0.25) is 0 Å². The minimum atomic E-state index is -2.65. The highest BCUT2D eigenvalue weighted by Gasteiger charge is 2.41. The van der Waals surface area contributed by atoms with Gasteiger partial charge in [-0.05, 0) is 12.2 Å². The van der Waals surface area contributed by atoms with Crippen molar-refractivity contribution < 1.29 is 18.7 Å². The van der Waals surface area contributed by atoms with Gasteiger partial charge in [0.1, 0.15) is 0 Å². The maximum absolute atomic E-state index is 13.1. The van der Waals surface area contributed by atoms with Gasteiger partial charge in [-0.2, -0.15) is 11.8 Å². The van der Waals surface area contributed by atoms with Gasteiger partial charge in [-0.3, -0.25) is 4.79 Å². The first kappa shape index (κ1) is 10.8. The Morgan fingerprint density at radius 1 is 1.62 bits per heavy atom. The Balaban J connectivity index is 2.41. The molecule has 1 N–H and O–H groups in total. The summed E-state index contributed by atoms with van der Waals surface area (Å²) in [7, 11) is 0. The van der Waals surface area contributed by atoms with Crippen molar-refractivity contribution >= 4 is 17.7 Å². The summed E-state index contributed by atoms with van der Waals surface area (Å²) < 4.78 is 26.2. The van der Waals surface area contributed by atoms with Gasteiger partial charge in [0.25, 0.3) is 5.92 Å². The topological polar surface area (TPSA) is 37.3 Å². The highest BCUT2D eigenvalue weighted by atomic mass is 32.2. The number of carboxylic acid groups (broad SMARTS) is 1. The number of halogens is 2. The SMILES string of the molecule is O=C(O)CCC1CSCCC1(F)F. The standard InChI is InChI=1S/C8H12F2O2S/c9-8(10)3-4-13-5-6(8)1-2-7(11)12/h6H,1-5H2,(H,11,12). The molecule has 0 spiro atoms. The second-order valence-electron chi connectivity index (χ2n) is 3.22. The molecule has 0 bridgehead atoms. The van der Waals surface area contributed by atoms with Crippen LogP contribution in [-0.4, -0.2) is 28.5 Å². The summed E-state index contributed by atoms with van der Waals surface area (Å²) in [6, 6.07) is 0. The third-order valence-electron chi connectivity index (χ3n) is 2.20. The minimum Gasteiger partial charge on any atom is -0.481 e. The molecular formula is C8H12F2O2S. The van der Waals surface area contributed by atoms with Crippen molar-refractivity contribution in [1.29, 1.82) is 0 Å². The van der Waals surface area contributed by atoms with Crippen molar-refractivity contribution in [2.24, 2.45) is 5.92 Å². The van der Waals surface area contributed by atoms with E-state index >= 15 is 0 Å². The summed E-state index contributed by atoms with van der Waals surface area (Å²) >= 11 is 1.48. The number of rotatable bonds is 3. The van der Waals surface area contributed by atoms with Crippen molar-refractivity contribution in [3.05, 3.63) is 0 Å². The molecule has 0 aromatic carbocycles. The molecule has 1 aliphatic rings. The molecule has 1 fully saturated rings. The number of hydrogen-bond acceptors (Lipinski definition) is 2. The van der Waals surface area contributed by atoms with E-state index in [0.29, 0.717) is 11.5 Å². The van der Waals surface area contributed by atoms with E-state index in [-0.39, 0.29) is 19.3 Å². The quantitative estimate of drug-likeness (QED) is 0.776. The fourth-order valence-corrected chi connectivity index (χ4v) is 2.63. The van der Waals surface area contributed by atoms with Crippen molar-refractivity contribution in [3.8, 4) is 0 Å². The second-order valence-corrected chi connectivity index (χ2v) is 4.37. The third-order valence-corrected chi connectivity index (χ3v) is 3.33. The van der Waals surface area contributed by atoms with Gasteiger partial charge in [-0.15, -0.1) is 0 Å². The number of hydrogen-bond donors (Lipinski definition) is 1. The first-order valence-electron chi connectivity index (χ1n) is 4.20. The van der Waals surface area contributed by atoms with Gasteiger partial charge in [0.15, 0.2) is 0 Å². The highest BCUT2D eigenvalue weighted by Crippen LogP contribution is 2.39.